The first-order valence-electron chi connectivity index (χ1n) is 5.55. The quantitative estimate of drug-likeness (QED) is 0.551. The molecule has 3 aliphatic rings. The average Bonchev–Trinajstić information content (AvgIpc) is 2.97. The number of methoxy groups -OCH3 is 1. The van der Waals surface area contributed by atoms with E-state index in [4.69, 9.17) is 4.55 Å². The van der Waals surface area contributed by atoms with Crippen molar-refractivity contribution in [3.05, 3.63) is 23.2 Å². The van der Waals surface area contributed by atoms with Crippen LogP contribution in [0.1, 0.15) is 0 Å². The molecule has 0 radical (unpaired) electrons. The molecule has 0 aliphatic carbocycles. The Morgan fingerprint density at radius 2 is 2.24 bits per heavy atom. The van der Waals surface area contributed by atoms with E-state index in [1.54, 1.807) is 0 Å². The van der Waals surface area contributed by atoms with Gasteiger partial charge in [0.2, 0.25) is 0 Å². The molecule has 2 amide bonds. The van der Waals surface area contributed by atoms with Crippen molar-refractivity contribution in [3.8, 4) is 0 Å². The molecule has 12 heteroatoms. The van der Waals surface area contributed by atoms with Gasteiger partial charge in [-0.2, -0.15) is 18.6 Å². The molecule has 1 fully saturated rings. The first-order chi connectivity index (χ1) is 9.83. The summed E-state index contributed by atoms with van der Waals surface area (Å²) in [4.78, 5) is 24.9. The van der Waals surface area contributed by atoms with Crippen LogP contribution in [0.15, 0.2) is 33.4 Å². The number of urea groups is 1. The topological polar surface area (TPSA) is 138 Å². The largest absolute Gasteiger partial charge is 0.464 e. The highest BCUT2D eigenvalue weighted by molar-refractivity contribution is 7.80. The number of nitrogens with zero attached hydrogens (tertiary/aromatic N) is 4. The second-order valence-electron chi connectivity index (χ2n) is 4.23. The summed E-state index contributed by atoms with van der Waals surface area (Å²) in [6.45, 7) is -0.0564. The third kappa shape index (κ3) is 2.00. The minimum atomic E-state index is -4.90. The number of hydrogen-bond acceptors (Lipinski definition) is 8. The molecule has 112 valence electrons. The molecule has 0 spiro atoms. The standard InChI is InChI=1S/C9H8N4O7S/c1-19-8(14)7-6-4(2-10-11-6)5-3-12(7)9(15)13(5)20-21(16,17)18/h2,5H,3H2,1H3,(H,16,17,18). The molecule has 3 rings (SSSR count). The Bertz CT molecular complexity index is 737. The van der Waals surface area contributed by atoms with Gasteiger partial charge in [-0.05, 0) is 0 Å². The summed E-state index contributed by atoms with van der Waals surface area (Å²) >= 11 is 0. The Kier molecular flexibility index (Phi) is 2.82. The van der Waals surface area contributed by atoms with Crippen LogP contribution in [0.5, 0.6) is 0 Å². The van der Waals surface area contributed by atoms with Crippen LogP contribution in [-0.4, -0.2) is 54.6 Å². The molecule has 1 saturated heterocycles. The molecule has 11 nitrogen and oxygen atoms in total. The number of fused-ring (bicyclic) bond motifs is 4. The number of rotatable bonds is 3. The molecule has 3 heterocycles. The van der Waals surface area contributed by atoms with E-state index in [0.717, 1.165) is 12.0 Å². The highest BCUT2D eigenvalue weighted by atomic mass is 32.3. The molecular formula is C9H8N4O7S. The fourth-order valence-electron chi connectivity index (χ4n) is 2.30. The number of carbonyl (C=O) groups is 2. The molecular weight excluding hydrogens is 308 g/mol. The van der Waals surface area contributed by atoms with Gasteiger partial charge in [-0.25, -0.2) is 9.59 Å². The van der Waals surface area contributed by atoms with Crippen LogP contribution in [0.3, 0.4) is 0 Å². The number of carbonyl (C=O) groups excluding carboxylic acids is 2. The van der Waals surface area contributed by atoms with Gasteiger partial charge in [0, 0.05) is 5.57 Å². The normalized spacial score (nSPS) is 23.6. The van der Waals surface area contributed by atoms with Crippen molar-refractivity contribution >= 4 is 22.4 Å². The lowest BCUT2D eigenvalue weighted by molar-refractivity contribution is -0.137. The fourth-order valence-corrected chi connectivity index (χ4v) is 2.67. The minimum absolute atomic E-state index is 0.0564. The molecule has 0 aromatic carbocycles. The van der Waals surface area contributed by atoms with Crippen molar-refractivity contribution in [2.24, 2.45) is 10.2 Å². The number of amides is 2. The van der Waals surface area contributed by atoms with E-state index in [-0.39, 0.29) is 17.9 Å². The van der Waals surface area contributed by atoms with Crippen LogP contribution in [0, 0.1) is 0 Å². The van der Waals surface area contributed by atoms with Crippen LogP contribution >= 0.6 is 0 Å². The molecule has 21 heavy (non-hydrogen) atoms. The van der Waals surface area contributed by atoms with Gasteiger partial charge in [0.1, 0.15) is 11.7 Å². The van der Waals surface area contributed by atoms with Gasteiger partial charge < -0.3 is 4.74 Å². The third-order valence-corrected chi connectivity index (χ3v) is 3.44. The summed E-state index contributed by atoms with van der Waals surface area (Å²) in [6, 6.07) is -1.80. The lowest BCUT2D eigenvalue weighted by Gasteiger charge is -2.23. The summed E-state index contributed by atoms with van der Waals surface area (Å²) in [7, 11) is -3.77. The van der Waals surface area contributed by atoms with E-state index in [1.807, 2.05) is 0 Å². The average molecular weight is 316 g/mol. The molecule has 0 saturated carbocycles. The molecule has 1 N–H and O–H groups in total. The number of azo groups is 1. The van der Waals surface area contributed by atoms with Gasteiger partial charge >= 0.3 is 22.4 Å². The molecule has 1 unspecified atom stereocenters. The maximum absolute atomic E-state index is 12.1. The first kappa shape index (κ1) is 13.7. The second kappa shape index (κ2) is 4.34. The van der Waals surface area contributed by atoms with E-state index < -0.39 is 28.4 Å². The van der Waals surface area contributed by atoms with Gasteiger partial charge in [0.15, 0.2) is 5.70 Å². The Morgan fingerprint density at radius 3 is 2.86 bits per heavy atom. The van der Waals surface area contributed by atoms with Crippen LogP contribution in [0.4, 0.5) is 4.79 Å². The number of esters is 1. The predicted octanol–water partition coefficient (Wildman–Crippen LogP) is -0.425. The van der Waals surface area contributed by atoms with Crippen molar-refractivity contribution in [1.82, 2.24) is 9.96 Å². The van der Waals surface area contributed by atoms with Gasteiger partial charge in [-0.15, -0.1) is 9.40 Å². The van der Waals surface area contributed by atoms with Crippen molar-refractivity contribution < 1.29 is 31.6 Å². The van der Waals surface area contributed by atoms with Crippen molar-refractivity contribution in [1.29, 1.82) is 0 Å². The van der Waals surface area contributed by atoms with E-state index in [9.17, 15) is 18.0 Å². The summed E-state index contributed by atoms with van der Waals surface area (Å²) in [5.74, 6) is -0.822. The van der Waals surface area contributed by atoms with Crippen LogP contribution < -0.4 is 0 Å². The Hall–Kier alpha value is -2.31. The zero-order valence-corrected chi connectivity index (χ0v) is 11.3. The summed E-state index contributed by atoms with van der Waals surface area (Å²) in [5, 5.41) is 7.82. The monoisotopic (exact) mass is 316 g/mol. The molecule has 3 aliphatic heterocycles. The van der Waals surface area contributed by atoms with Crippen molar-refractivity contribution in [3.63, 3.8) is 0 Å². The maximum Gasteiger partial charge on any atom is 0.418 e. The fraction of sp³-hybridized carbons (Fsp3) is 0.333. The maximum atomic E-state index is 12.1. The summed E-state index contributed by atoms with van der Waals surface area (Å²) in [5.41, 5.74) is 0.265. The predicted molar refractivity (Wildman–Crippen MR) is 62.3 cm³/mol. The molecule has 1 atom stereocenters. The number of hydroxylamine groups is 2. The molecule has 0 aromatic rings. The second-order valence-corrected chi connectivity index (χ2v) is 5.23. The Morgan fingerprint density at radius 1 is 1.52 bits per heavy atom. The third-order valence-electron chi connectivity index (χ3n) is 3.09. The number of ether oxygens (including phenoxy) is 1. The SMILES string of the molecule is COC(=O)C1=C2N=NC=C2C2CN1C(=O)N2OS(=O)(=O)O. The zero-order chi connectivity index (χ0) is 15.4. The zero-order valence-electron chi connectivity index (χ0n) is 10.5. The first-order valence-corrected chi connectivity index (χ1v) is 6.91. The van der Waals surface area contributed by atoms with Gasteiger partial charge in [-0.1, -0.05) is 0 Å². The van der Waals surface area contributed by atoms with Crippen LogP contribution in [0.25, 0.3) is 0 Å². The molecule has 0 aromatic heterocycles. The van der Waals surface area contributed by atoms with E-state index in [2.05, 4.69) is 19.2 Å². The van der Waals surface area contributed by atoms with Crippen molar-refractivity contribution in [2.75, 3.05) is 13.7 Å². The highest BCUT2D eigenvalue weighted by Gasteiger charge is 2.52. The lowest BCUT2D eigenvalue weighted by atomic mass is 10.0. The van der Waals surface area contributed by atoms with E-state index in [0.29, 0.717) is 10.6 Å². The Labute approximate surface area is 118 Å². The summed E-state index contributed by atoms with van der Waals surface area (Å²) in [6.07, 6.45) is 1.28. The Balaban J connectivity index is 2.07. The lowest BCUT2D eigenvalue weighted by Crippen LogP contribution is -2.36. The molecule has 2 bridgehead atoms. The van der Waals surface area contributed by atoms with Crippen LogP contribution in [0.2, 0.25) is 0 Å². The van der Waals surface area contributed by atoms with Crippen LogP contribution in [-0.2, 0) is 24.2 Å². The highest BCUT2D eigenvalue weighted by Crippen LogP contribution is 2.40. The van der Waals surface area contributed by atoms with Gasteiger partial charge in [-0.3, -0.25) is 9.45 Å². The van der Waals surface area contributed by atoms with E-state index in [1.165, 1.54) is 6.20 Å². The van der Waals surface area contributed by atoms with E-state index >= 15 is 0 Å². The smallest absolute Gasteiger partial charge is 0.418 e. The minimum Gasteiger partial charge on any atom is -0.464 e. The van der Waals surface area contributed by atoms with Gasteiger partial charge in [0.05, 0.1) is 19.9 Å². The van der Waals surface area contributed by atoms with Gasteiger partial charge in [0.25, 0.3) is 0 Å². The van der Waals surface area contributed by atoms with Crippen molar-refractivity contribution in [2.45, 2.75) is 6.04 Å². The summed E-state index contributed by atoms with van der Waals surface area (Å²) < 4.78 is 39.3. The number of hydrogen-bond donors (Lipinski definition) is 1.